The summed E-state index contributed by atoms with van der Waals surface area (Å²) in [4.78, 5) is 40.2. The van der Waals surface area contributed by atoms with E-state index in [0.29, 0.717) is 0 Å². The lowest BCUT2D eigenvalue weighted by Gasteiger charge is -2.11. The Labute approximate surface area is 129 Å². The number of carbonyl (C=O) groups excluding carboxylic acids is 3. The number of rotatable bonds is 3. The summed E-state index contributed by atoms with van der Waals surface area (Å²) < 4.78 is 27.0. The van der Waals surface area contributed by atoms with Crippen molar-refractivity contribution in [2.45, 2.75) is 4.90 Å². The highest BCUT2D eigenvalue weighted by Gasteiger charge is 2.39. The van der Waals surface area contributed by atoms with Crippen LogP contribution in [0.1, 0.15) is 31.3 Å². The van der Waals surface area contributed by atoms with Crippen molar-refractivity contribution in [2.75, 3.05) is 0 Å². The van der Waals surface area contributed by atoms with Crippen LogP contribution in [0.3, 0.4) is 0 Å². The Kier molecular flexibility index (Phi) is 3.27. The normalized spacial score (nSPS) is 14.0. The molecule has 1 aliphatic heterocycles. The molecule has 10 heteroatoms. The minimum Gasteiger partial charge on any atom is -0.456 e. The lowest BCUT2D eigenvalue weighted by Crippen LogP contribution is -2.32. The van der Waals surface area contributed by atoms with Gasteiger partial charge in [0.25, 0.3) is 11.8 Å². The molecule has 9 nitrogen and oxygen atoms in total. The first-order valence-corrected chi connectivity index (χ1v) is 7.65. The summed E-state index contributed by atoms with van der Waals surface area (Å²) in [6.45, 7) is 0. The number of nitrogens with two attached hydrogens (primary N) is 1. The summed E-state index contributed by atoms with van der Waals surface area (Å²) in [5, 5.41) is 5.16. The Bertz CT molecular complexity index is 910. The van der Waals surface area contributed by atoms with E-state index in [1.807, 2.05) is 0 Å². The van der Waals surface area contributed by atoms with Crippen LogP contribution < -0.4 is 5.14 Å². The quantitative estimate of drug-likeness (QED) is 0.795. The average molecular weight is 336 g/mol. The van der Waals surface area contributed by atoms with Gasteiger partial charge in [-0.15, -0.1) is 0 Å². The van der Waals surface area contributed by atoms with Gasteiger partial charge in [0, 0.05) is 6.07 Å². The summed E-state index contributed by atoms with van der Waals surface area (Å²) in [5.41, 5.74) is 0.185. The summed E-state index contributed by atoms with van der Waals surface area (Å²) in [6, 6.07) is 6.77. The van der Waals surface area contributed by atoms with Gasteiger partial charge in [-0.2, -0.15) is 0 Å². The molecule has 0 saturated carbocycles. The van der Waals surface area contributed by atoms with Crippen LogP contribution in [-0.2, 0) is 14.9 Å². The zero-order valence-corrected chi connectivity index (χ0v) is 12.1. The zero-order valence-electron chi connectivity index (χ0n) is 11.3. The molecule has 0 bridgehead atoms. The van der Waals surface area contributed by atoms with Crippen molar-refractivity contribution < 1.29 is 32.1 Å². The monoisotopic (exact) mass is 336 g/mol. The van der Waals surface area contributed by atoms with Crippen molar-refractivity contribution in [3.8, 4) is 0 Å². The van der Waals surface area contributed by atoms with Crippen LogP contribution in [0.2, 0.25) is 0 Å². The van der Waals surface area contributed by atoms with E-state index >= 15 is 0 Å². The summed E-state index contributed by atoms with van der Waals surface area (Å²) in [6.07, 6.45) is 0.744. The molecular formula is C13H8N2O7S. The lowest BCUT2D eigenvalue weighted by atomic mass is 10.1. The van der Waals surface area contributed by atoms with Crippen molar-refractivity contribution in [1.29, 1.82) is 0 Å². The number of furan rings is 1. The molecule has 0 spiro atoms. The van der Waals surface area contributed by atoms with Gasteiger partial charge in [-0.3, -0.25) is 9.59 Å². The molecule has 3 rings (SSSR count). The highest BCUT2D eigenvalue weighted by Crippen LogP contribution is 2.23. The highest BCUT2D eigenvalue weighted by atomic mass is 32.2. The average Bonchev–Trinajstić information content (AvgIpc) is 3.08. The first kappa shape index (κ1) is 14.9. The molecule has 2 aromatic rings. The van der Waals surface area contributed by atoms with Gasteiger partial charge in [-0.25, -0.2) is 18.4 Å². The van der Waals surface area contributed by atoms with E-state index in [9.17, 15) is 22.8 Å². The number of nitrogens with zero attached hydrogens (tertiary/aromatic N) is 1. The maximum Gasteiger partial charge on any atom is 0.399 e. The third-order valence-corrected chi connectivity index (χ3v) is 3.91. The second-order valence-electron chi connectivity index (χ2n) is 4.52. The van der Waals surface area contributed by atoms with E-state index in [-0.39, 0.29) is 16.2 Å². The van der Waals surface area contributed by atoms with Gasteiger partial charge in [0.15, 0.2) is 0 Å². The van der Waals surface area contributed by atoms with Gasteiger partial charge in [0.1, 0.15) is 11.2 Å². The van der Waals surface area contributed by atoms with Crippen LogP contribution in [0.5, 0.6) is 0 Å². The Balaban J connectivity index is 1.83. The number of hydrogen-bond donors (Lipinski definition) is 1. The van der Waals surface area contributed by atoms with Crippen LogP contribution >= 0.6 is 0 Å². The fourth-order valence-electron chi connectivity index (χ4n) is 1.95. The highest BCUT2D eigenvalue weighted by molar-refractivity contribution is 7.89. The number of imide groups is 1. The molecule has 2 N–H and O–H groups in total. The molecule has 1 aromatic carbocycles. The number of carbonyl (C=O) groups is 3. The number of sulfonamides is 1. The predicted octanol–water partition coefficient (Wildman–Crippen LogP) is 0.295. The topological polar surface area (TPSA) is 137 Å². The maximum atomic E-state index is 12.0. The van der Waals surface area contributed by atoms with Crippen molar-refractivity contribution in [3.05, 3.63) is 53.5 Å². The fraction of sp³-hybridized carbons (Fsp3) is 0. The van der Waals surface area contributed by atoms with Gasteiger partial charge in [-0.05, 0) is 12.1 Å². The van der Waals surface area contributed by atoms with E-state index < -0.39 is 38.5 Å². The number of hydroxylamine groups is 2. The molecule has 118 valence electrons. The predicted molar refractivity (Wildman–Crippen MR) is 72.4 cm³/mol. The van der Waals surface area contributed by atoms with Crippen LogP contribution in [0.25, 0.3) is 0 Å². The Morgan fingerprint density at radius 2 is 1.70 bits per heavy atom. The second kappa shape index (κ2) is 5.04. The van der Waals surface area contributed by atoms with Crippen LogP contribution in [0.15, 0.2) is 45.9 Å². The maximum absolute atomic E-state index is 12.0. The molecule has 0 unspecified atom stereocenters. The summed E-state index contributed by atoms with van der Waals surface area (Å²) in [5.74, 6) is -3.35. The molecule has 0 fully saturated rings. The van der Waals surface area contributed by atoms with Gasteiger partial charge in [0.05, 0.1) is 11.1 Å². The molecule has 0 radical (unpaired) electrons. The van der Waals surface area contributed by atoms with E-state index in [0.717, 1.165) is 12.3 Å². The number of benzene rings is 1. The summed E-state index contributed by atoms with van der Waals surface area (Å²) in [7, 11) is -4.06. The molecule has 1 aliphatic rings. The van der Waals surface area contributed by atoms with Crippen molar-refractivity contribution in [1.82, 2.24) is 5.06 Å². The molecule has 0 saturated heterocycles. The van der Waals surface area contributed by atoms with Gasteiger partial charge >= 0.3 is 5.97 Å². The Hall–Kier alpha value is -2.98. The largest absolute Gasteiger partial charge is 0.456 e. The van der Waals surface area contributed by atoms with Crippen LogP contribution in [0.4, 0.5) is 0 Å². The van der Waals surface area contributed by atoms with Gasteiger partial charge in [0.2, 0.25) is 15.8 Å². The fourth-order valence-corrected chi connectivity index (χ4v) is 2.41. The number of fused-ring (bicyclic) bond motifs is 1. The minimum atomic E-state index is -4.06. The molecule has 2 amide bonds. The standard InChI is InChI=1S/C13H8N2O7S/c14-23(19,20)7-5-10(21-6-7)13(18)22-15-11(16)8-3-1-2-4-9(8)12(15)17/h1-6H,(H2,14,19,20). The molecule has 0 atom stereocenters. The van der Waals surface area contributed by atoms with E-state index in [2.05, 4.69) is 0 Å². The van der Waals surface area contributed by atoms with Crippen molar-refractivity contribution in [3.63, 3.8) is 0 Å². The van der Waals surface area contributed by atoms with Gasteiger partial charge in [-0.1, -0.05) is 17.2 Å². The smallest absolute Gasteiger partial charge is 0.399 e. The summed E-state index contributed by atoms with van der Waals surface area (Å²) >= 11 is 0. The van der Waals surface area contributed by atoms with Crippen molar-refractivity contribution >= 4 is 27.8 Å². The molecule has 0 aliphatic carbocycles. The van der Waals surface area contributed by atoms with E-state index in [1.165, 1.54) is 12.1 Å². The minimum absolute atomic E-state index is 0.0926. The van der Waals surface area contributed by atoms with Crippen LogP contribution in [-0.4, -0.2) is 31.3 Å². The number of amides is 2. The Morgan fingerprint density at radius 3 is 2.17 bits per heavy atom. The second-order valence-corrected chi connectivity index (χ2v) is 6.08. The third kappa shape index (κ3) is 2.49. The molecule has 1 aromatic heterocycles. The Morgan fingerprint density at radius 1 is 1.13 bits per heavy atom. The third-order valence-electron chi connectivity index (χ3n) is 3.04. The number of hydrogen-bond acceptors (Lipinski definition) is 7. The van der Waals surface area contributed by atoms with Crippen LogP contribution in [0, 0.1) is 0 Å². The van der Waals surface area contributed by atoms with E-state index in [4.69, 9.17) is 14.4 Å². The number of primary sulfonamides is 1. The molecule has 23 heavy (non-hydrogen) atoms. The first-order chi connectivity index (χ1) is 10.8. The lowest BCUT2D eigenvalue weighted by molar-refractivity contribution is -0.0603. The zero-order chi connectivity index (χ0) is 16.8. The molecular weight excluding hydrogens is 328 g/mol. The first-order valence-electron chi connectivity index (χ1n) is 6.10. The van der Waals surface area contributed by atoms with Gasteiger partial charge < -0.3 is 9.25 Å². The molecule has 2 heterocycles. The SMILES string of the molecule is NS(=O)(=O)c1coc(C(=O)ON2C(=O)c3ccccc3C2=O)c1. The van der Waals surface area contributed by atoms with E-state index in [1.54, 1.807) is 12.1 Å². The van der Waals surface area contributed by atoms with Crippen molar-refractivity contribution in [2.24, 2.45) is 5.14 Å².